The number of hydrogen-bond acceptors (Lipinski definition) is 2. The van der Waals surface area contributed by atoms with Crippen LogP contribution in [0, 0.1) is 25.5 Å². The molecule has 0 aromatic heterocycles. The normalized spacial score (nSPS) is 10.5. The van der Waals surface area contributed by atoms with Gasteiger partial charge < -0.3 is 9.84 Å². The monoisotopic (exact) mass is 292 g/mol. The maximum absolute atomic E-state index is 13.5. The maximum atomic E-state index is 13.5. The van der Waals surface area contributed by atoms with Gasteiger partial charge in [-0.2, -0.15) is 0 Å². The van der Waals surface area contributed by atoms with E-state index in [4.69, 9.17) is 9.84 Å². The predicted octanol–water partition coefficient (Wildman–Crippen LogP) is 3.86. The van der Waals surface area contributed by atoms with Crippen molar-refractivity contribution in [2.45, 2.75) is 20.5 Å². The molecule has 21 heavy (non-hydrogen) atoms. The van der Waals surface area contributed by atoms with Crippen LogP contribution >= 0.6 is 0 Å². The van der Waals surface area contributed by atoms with Crippen LogP contribution in [0.25, 0.3) is 0 Å². The summed E-state index contributed by atoms with van der Waals surface area (Å²) in [7, 11) is 0. The molecule has 2 rings (SSSR count). The highest BCUT2D eigenvalue weighted by Gasteiger charge is 2.13. The zero-order chi connectivity index (χ0) is 15.6. The molecule has 0 fully saturated rings. The fourth-order valence-corrected chi connectivity index (χ4v) is 2.11. The highest BCUT2D eigenvalue weighted by molar-refractivity contribution is 5.88. The lowest BCUT2D eigenvalue weighted by Gasteiger charge is -2.13. The molecule has 110 valence electrons. The van der Waals surface area contributed by atoms with E-state index < -0.39 is 17.6 Å². The van der Waals surface area contributed by atoms with Crippen molar-refractivity contribution in [3.8, 4) is 5.75 Å². The summed E-state index contributed by atoms with van der Waals surface area (Å²) in [5.74, 6) is -2.41. The van der Waals surface area contributed by atoms with Gasteiger partial charge in [0.25, 0.3) is 0 Å². The lowest BCUT2D eigenvalue weighted by molar-refractivity contribution is 0.0696. The minimum Gasteiger partial charge on any atom is -0.488 e. The van der Waals surface area contributed by atoms with Crippen molar-refractivity contribution in [3.63, 3.8) is 0 Å². The van der Waals surface area contributed by atoms with Crippen molar-refractivity contribution in [3.05, 3.63) is 64.2 Å². The molecule has 2 aromatic rings. The molecule has 0 amide bonds. The van der Waals surface area contributed by atoms with E-state index in [0.29, 0.717) is 16.9 Å². The lowest BCUT2D eigenvalue weighted by Crippen LogP contribution is -2.04. The number of ether oxygens (including phenoxy) is 1. The SMILES string of the molecule is Cc1cc(C(=O)O)cc(C)c1OCc1cccc(F)c1F. The summed E-state index contributed by atoms with van der Waals surface area (Å²) in [5, 5.41) is 8.97. The van der Waals surface area contributed by atoms with E-state index in [-0.39, 0.29) is 17.7 Å². The Morgan fingerprint density at radius 2 is 1.81 bits per heavy atom. The lowest BCUT2D eigenvalue weighted by atomic mass is 10.1. The van der Waals surface area contributed by atoms with E-state index in [1.165, 1.54) is 24.3 Å². The Balaban J connectivity index is 2.24. The number of carboxylic acids is 1. The standard InChI is InChI=1S/C16H14F2O3/c1-9-6-12(16(19)20)7-10(2)15(9)21-8-11-4-3-5-13(17)14(11)18/h3-7H,8H2,1-2H3,(H,19,20). The molecule has 0 aliphatic heterocycles. The summed E-state index contributed by atoms with van der Waals surface area (Å²) in [6.07, 6.45) is 0. The molecule has 0 atom stereocenters. The molecule has 0 aliphatic rings. The van der Waals surface area contributed by atoms with E-state index in [1.54, 1.807) is 13.8 Å². The third-order valence-electron chi connectivity index (χ3n) is 3.11. The minimum atomic E-state index is -1.02. The van der Waals surface area contributed by atoms with Crippen LogP contribution in [-0.2, 0) is 6.61 Å². The third kappa shape index (κ3) is 3.18. The third-order valence-corrected chi connectivity index (χ3v) is 3.11. The fourth-order valence-electron chi connectivity index (χ4n) is 2.11. The van der Waals surface area contributed by atoms with Crippen molar-refractivity contribution in [1.29, 1.82) is 0 Å². The summed E-state index contributed by atoms with van der Waals surface area (Å²) in [4.78, 5) is 10.9. The van der Waals surface area contributed by atoms with Crippen molar-refractivity contribution < 1.29 is 23.4 Å². The van der Waals surface area contributed by atoms with Crippen LogP contribution < -0.4 is 4.74 Å². The maximum Gasteiger partial charge on any atom is 0.335 e. The Hall–Kier alpha value is -2.43. The van der Waals surface area contributed by atoms with E-state index in [9.17, 15) is 13.6 Å². The van der Waals surface area contributed by atoms with Gasteiger partial charge in [-0.15, -0.1) is 0 Å². The first kappa shape index (κ1) is 15.0. The number of hydrogen-bond donors (Lipinski definition) is 1. The molecular weight excluding hydrogens is 278 g/mol. The second-order valence-electron chi connectivity index (χ2n) is 4.75. The molecular formula is C16H14F2O3. The van der Waals surface area contributed by atoms with Crippen LogP contribution in [0.1, 0.15) is 27.0 Å². The molecule has 0 radical (unpaired) electrons. The predicted molar refractivity (Wildman–Crippen MR) is 73.6 cm³/mol. The number of halogens is 2. The molecule has 5 heteroatoms. The second-order valence-corrected chi connectivity index (χ2v) is 4.75. The first-order valence-corrected chi connectivity index (χ1v) is 6.30. The average Bonchev–Trinajstić information content (AvgIpc) is 2.42. The molecule has 0 spiro atoms. The van der Waals surface area contributed by atoms with E-state index >= 15 is 0 Å². The molecule has 0 unspecified atom stereocenters. The molecule has 2 aromatic carbocycles. The topological polar surface area (TPSA) is 46.5 Å². The van der Waals surface area contributed by atoms with Gasteiger partial charge in [0, 0.05) is 5.56 Å². The molecule has 1 N–H and O–H groups in total. The van der Waals surface area contributed by atoms with Gasteiger partial charge in [-0.1, -0.05) is 12.1 Å². The average molecular weight is 292 g/mol. The van der Waals surface area contributed by atoms with Crippen LogP contribution in [0.5, 0.6) is 5.75 Å². The van der Waals surface area contributed by atoms with E-state index in [0.717, 1.165) is 6.07 Å². The zero-order valence-corrected chi connectivity index (χ0v) is 11.6. The Morgan fingerprint density at radius 1 is 1.19 bits per heavy atom. The molecule has 0 bridgehead atoms. The van der Waals surface area contributed by atoms with Gasteiger partial charge in [0.2, 0.25) is 0 Å². The smallest absolute Gasteiger partial charge is 0.335 e. The largest absolute Gasteiger partial charge is 0.488 e. The molecule has 0 saturated carbocycles. The first-order chi connectivity index (χ1) is 9.90. The van der Waals surface area contributed by atoms with Crippen molar-refractivity contribution in [1.82, 2.24) is 0 Å². The first-order valence-electron chi connectivity index (χ1n) is 6.30. The number of benzene rings is 2. The highest BCUT2D eigenvalue weighted by Crippen LogP contribution is 2.26. The van der Waals surface area contributed by atoms with Crippen LogP contribution in [0.15, 0.2) is 30.3 Å². The number of aromatic carboxylic acids is 1. The summed E-state index contributed by atoms with van der Waals surface area (Å²) >= 11 is 0. The van der Waals surface area contributed by atoms with Gasteiger partial charge in [0.15, 0.2) is 11.6 Å². The van der Waals surface area contributed by atoms with Gasteiger partial charge in [0.05, 0.1) is 5.56 Å². The highest BCUT2D eigenvalue weighted by atomic mass is 19.2. The Labute approximate surface area is 120 Å². The second kappa shape index (κ2) is 5.91. The van der Waals surface area contributed by atoms with Crippen molar-refractivity contribution >= 4 is 5.97 Å². The van der Waals surface area contributed by atoms with Crippen LogP contribution in [0.3, 0.4) is 0 Å². The van der Waals surface area contributed by atoms with Crippen LogP contribution in [0.4, 0.5) is 8.78 Å². The Kier molecular flexibility index (Phi) is 4.21. The quantitative estimate of drug-likeness (QED) is 0.930. The number of rotatable bonds is 4. The molecule has 0 heterocycles. The van der Waals surface area contributed by atoms with Gasteiger partial charge in [-0.05, 0) is 43.2 Å². The van der Waals surface area contributed by atoms with Crippen molar-refractivity contribution in [2.75, 3.05) is 0 Å². The number of carbonyl (C=O) groups is 1. The Bertz CT molecular complexity index is 673. The van der Waals surface area contributed by atoms with E-state index in [2.05, 4.69) is 0 Å². The number of aryl methyl sites for hydroxylation is 2. The minimum absolute atomic E-state index is 0.108. The summed E-state index contributed by atoms with van der Waals surface area (Å²) in [6, 6.07) is 6.84. The van der Waals surface area contributed by atoms with Gasteiger partial charge >= 0.3 is 5.97 Å². The summed E-state index contributed by atoms with van der Waals surface area (Å²) < 4.78 is 32.2. The molecule has 0 saturated heterocycles. The van der Waals surface area contributed by atoms with Gasteiger partial charge in [-0.25, -0.2) is 13.6 Å². The summed E-state index contributed by atoms with van der Waals surface area (Å²) in [6.45, 7) is 3.28. The summed E-state index contributed by atoms with van der Waals surface area (Å²) in [5.41, 5.74) is 1.53. The fraction of sp³-hybridized carbons (Fsp3) is 0.188. The van der Waals surface area contributed by atoms with Gasteiger partial charge in [-0.3, -0.25) is 0 Å². The Morgan fingerprint density at radius 3 is 2.38 bits per heavy atom. The van der Waals surface area contributed by atoms with Crippen LogP contribution in [0.2, 0.25) is 0 Å². The van der Waals surface area contributed by atoms with Crippen LogP contribution in [-0.4, -0.2) is 11.1 Å². The molecule has 3 nitrogen and oxygen atoms in total. The van der Waals surface area contributed by atoms with E-state index in [1.807, 2.05) is 0 Å². The zero-order valence-electron chi connectivity index (χ0n) is 11.6. The van der Waals surface area contributed by atoms with Crippen molar-refractivity contribution in [2.24, 2.45) is 0 Å². The molecule has 0 aliphatic carbocycles. The number of carboxylic acid groups (broad SMARTS) is 1. The van der Waals surface area contributed by atoms with Gasteiger partial charge in [0.1, 0.15) is 12.4 Å².